The van der Waals surface area contributed by atoms with Gasteiger partial charge in [0.25, 0.3) is 0 Å². The average molecular weight is 662 g/mol. The smallest absolute Gasteiger partial charge is 0.311 e. The lowest BCUT2D eigenvalue weighted by Crippen LogP contribution is -2.41. The molecule has 0 bridgehead atoms. The molecule has 1 fully saturated rings. The summed E-state index contributed by atoms with van der Waals surface area (Å²) in [6.45, 7) is 8.39. The quantitative estimate of drug-likeness (QED) is 0.124. The number of rotatable bonds is 11. The highest BCUT2D eigenvalue weighted by Crippen LogP contribution is 2.37. The fourth-order valence-electron chi connectivity index (χ4n) is 4.88. The van der Waals surface area contributed by atoms with Crippen molar-refractivity contribution in [2.75, 3.05) is 25.7 Å². The number of pyridine rings is 2. The second kappa shape index (κ2) is 12.8. The third kappa shape index (κ3) is 7.73. The van der Waals surface area contributed by atoms with Gasteiger partial charge in [-0.3, -0.25) is 9.55 Å². The van der Waals surface area contributed by atoms with Gasteiger partial charge < -0.3 is 14.2 Å². The van der Waals surface area contributed by atoms with Gasteiger partial charge in [0.15, 0.2) is 17.6 Å². The van der Waals surface area contributed by atoms with Crippen molar-refractivity contribution in [3.63, 3.8) is 0 Å². The minimum Gasteiger partial charge on any atom is -0.452 e. The maximum atomic E-state index is 15.6. The van der Waals surface area contributed by atoms with Crippen LogP contribution in [-0.4, -0.2) is 75.7 Å². The molecule has 4 heterocycles. The lowest BCUT2D eigenvalue weighted by molar-refractivity contribution is -0.107. The zero-order chi connectivity index (χ0) is 32.6. The molecule has 0 amide bonds. The fraction of sp³-hybridized carbons (Fsp3) is 0.452. The number of hydrogen-bond acceptors (Lipinski definition) is 8. The Bertz CT molecular complexity index is 1780. The molecule has 242 valence electrons. The van der Waals surface area contributed by atoms with E-state index in [2.05, 4.69) is 39.0 Å². The number of alkyl halides is 2. The van der Waals surface area contributed by atoms with Crippen molar-refractivity contribution in [2.45, 2.75) is 63.9 Å². The Hall–Kier alpha value is -3.33. The number of hydrogen-bond donors (Lipinski definition) is 0. The summed E-state index contributed by atoms with van der Waals surface area (Å²) in [4.78, 5) is 13.3. The Balaban J connectivity index is 1.44. The van der Waals surface area contributed by atoms with Crippen LogP contribution in [-0.2, 0) is 25.9 Å². The number of benzene rings is 1. The highest BCUT2D eigenvalue weighted by molar-refractivity contribution is 7.92. The van der Waals surface area contributed by atoms with E-state index in [1.54, 1.807) is 62.0 Å². The molecule has 9 nitrogen and oxygen atoms in total. The van der Waals surface area contributed by atoms with Crippen LogP contribution in [0.2, 0.25) is 25.7 Å². The van der Waals surface area contributed by atoms with Gasteiger partial charge in [-0.05, 0) is 24.6 Å². The summed E-state index contributed by atoms with van der Waals surface area (Å²) in [6.07, 6.45) is 1.97. The van der Waals surface area contributed by atoms with Crippen LogP contribution in [0.3, 0.4) is 0 Å². The fourth-order valence-corrected chi connectivity index (χ4v) is 6.25. The topological polar surface area (TPSA) is 101 Å². The van der Waals surface area contributed by atoms with Crippen LogP contribution in [0.4, 0.5) is 18.9 Å². The van der Waals surface area contributed by atoms with E-state index in [-0.39, 0.29) is 42.6 Å². The molecule has 1 aromatic carbocycles. The molecule has 0 unspecified atom stereocenters. The van der Waals surface area contributed by atoms with Crippen LogP contribution < -0.4 is 4.74 Å². The lowest BCUT2D eigenvalue weighted by Gasteiger charge is -2.22. The molecule has 1 aliphatic rings. The van der Waals surface area contributed by atoms with E-state index in [1.165, 1.54) is 10.6 Å². The molecule has 4 aromatic rings. The lowest BCUT2D eigenvalue weighted by atomic mass is 10.1. The minimum absolute atomic E-state index is 0.0493. The van der Waals surface area contributed by atoms with E-state index in [9.17, 15) is 13.0 Å². The van der Waals surface area contributed by atoms with Crippen LogP contribution in [0.5, 0.6) is 6.01 Å². The van der Waals surface area contributed by atoms with E-state index in [4.69, 9.17) is 14.2 Å². The third-order valence-electron chi connectivity index (χ3n) is 7.33. The molecule has 0 aliphatic carbocycles. The Kier molecular flexibility index (Phi) is 9.41. The van der Waals surface area contributed by atoms with Crippen molar-refractivity contribution >= 4 is 34.7 Å². The zero-order valence-electron chi connectivity index (χ0n) is 26.2. The first-order valence-electron chi connectivity index (χ1n) is 14.7. The normalized spacial score (nSPS) is 18.4. The minimum atomic E-state index is -3.22. The van der Waals surface area contributed by atoms with Crippen molar-refractivity contribution in [1.82, 2.24) is 19.5 Å². The number of aromatic nitrogens is 4. The summed E-state index contributed by atoms with van der Waals surface area (Å²) in [5.74, 6) is -3.84. The molecule has 0 radical (unpaired) electrons. The summed E-state index contributed by atoms with van der Waals surface area (Å²) in [5, 5.41) is 0. The summed E-state index contributed by atoms with van der Waals surface area (Å²) in [5.41, 5.74) is 2.90. The van der Waals surface area contributed by atoms with Crippen LogP contribution in [0.15, 0.2) is 53.0 Å². The van der Waals surface area contributed by atoms with Gasteiger partial charge in [-0.2, -0.15) is 18.1 Å². The SMILES string of the molecule is CC[C@H]1OC[C@@H](Oc2nc3nc(-c4ccc(-c5ccc(N=S(C)(C)=O)cn5)cc4)c(F)cc3n2COCC[Si](C)(C)C)C1(F)F. The van der Waals surface area contributed by atoms with Gasteiger partial charge in [-0.15, -0.1) is 0 Å². The molecule has 0 N–H and O–H groups in total. The van der Waals surface area contributed by atoms with E-state index < -0.39 is 41.8 Å². The first-order valence-corrected chi connectivity index (χ1v) is 20.7. The van der Waals surface area contributed by atoms with Crippen molar-refractivity contribution in [3.8, 4) is 28.5 Å². The number of halogens is 3. The maximum absolute atomic E-state index is 15.6. The predicted octanol–water partition coefficient (Wildman–Crippen LogP) is 7.16. The number of ether oxygens (including phenoxy) is 3. The van der Waals surface area contributed by atoms with Gasteiger partial charge in [0.1, 0.15) is 18.5 Å². The largest absolute Gasteiger partial charge is 0.452 e. The monoisotopic (exact) mass is 661 g/mol. The first-order chi connectivity index (χ1) is 21.1. The number of imidazole rings is 1. The van der Waals surface area contributed by atoms with Crippen LogP contribution in [0.1, 0.15) is 13.3 Å². The van der Waals surface area contributed by atoms with Gasteiger partial charge in [0.2, 0.25) is 0 Å². The first kappa shape index (κ1) is 33.0. The van der Waals surface area contributed by atoms with E-state index in [0.29, 0.717) is 23.6 Å². The summed E-state index contributed by atoms with van der Waals surface area (Å²) < 4.78 is 80.0. The van der Waals surface area contributed by atoms with Gasteiger partial charge in [-0.1, -0.05) is 50.8 Å². The van der Waals surface area contributed by atoms with Crippen molar-refractivity contribution < 1.29 is 31.6 Å². The van der Waals surface area contributed by atoms with E-state index in [0.717, 1.165) is 11.6 Å². The molecule has 1 saturated heterocycles. The van der Waals surface area contributed by atoms with E-state index >= 15 is 4.39 Å². The van der Waals surface area contributed by atoms with Gasteiger partial charge in [0.05, 0.1) is 29.7 Å². The Morgan fingerprint density at radius 2 is 1.82 bits per heavy atom. The Morgan fingerprint density at radius 1 is 1.11 bits per heavy atom. The third-order valence-corrected chi connectivity index (χ3v) is 9.68. The second-order valence-electron chi connectivity index (χ2n) is 12.6. The second-order valence-corrected chi connectivity index (χ2v) is 20.8. The molecule has 2 atom stereocenters. The van der Waals surface area contributed by atoms with Crippen molar-refractivity contribution in [3.05, 3.63) is 54.5 Å². The molecule has 45 heavy (non-hydrogen) atoms. The van der Waals surface area contributed by atoms with Gasteiger partial charge >= 0.3 is 11.9 Å². The summed E-state index contributed by atoms with van der Waals surface area (Å²) in [6, 6.07) is 12.5. The van der Waals surface area contributed by atoms with Crippen molar-refractivity contribution in [2.24, 2.45) is 4.36 Å². The highest BCUT2D eigenvalue weighted by atomic mass is 32.2. The Morgan fingerprint density at radius 3 is 2.42 bits per heavy atom. The molecular weight excluding hydrogens is 624 g/mol. The summed E-state index contributed by atoms with van der Waals surface area (Å²) in [7, 11) is -3.69. The molecule has 3 aromatic heterocycles. The van der Waals surface area contributed by atoms with Gasteiger partial charge in [-0.25, -0.2) is 13.6 Å². The highest BCUT2D eigenvalue weighted by Gasteiger charge is 2.55. The Labute approximate surface area is 262 Å². The van der Waals surface area contributed by atoms with E-state index in [1.807, 2.05) is 0 Å². The number of fused-ring (bicyclic) bond motifs is 1. The summed E-state index contributed by atoms with van der Waals surface area (Å²) >= 11 is 0. The molecule has 0 saturated carbocycles. The zero-order valence-corrected chi connectivity index (χ0v) is 28.0. The van der Waals surface area contributed by atoms with Crippen LogP contribution >= 0.6 is 0 Å². The number of nitrogens with zero attached hydrogens (tertiary/aromatic N) is 5. The molecule has 0 spiro atoms. The molecule has 5 rings (SSSR count). The van der Waals surface area contributed by atoms with Gasteiger partial charge in [0, 0.05) is 54.1 Å². The molecule has 14 heteroatoms. The molecular formula is C31H38F3N5O4SSi. The predicted molar refractivity (Wildman–Crippen MR) is 172 cm³/mol. The average Bonchev–Trinajstić information content (AvgIpc) is 3.44. The maximum Gasteiger partial charge on any atom is 0.311 e. The van der Waals surface area contributed by atoms with Crippen LogP contribution in [0.25, 0.3) is 33.7 Å². The van der Waals surface area contributed by atoms with Crippen LogP contribution in [0, 0.1) is 5.82 Å². The molecule has 1 aliphatic heterocycles. The van der Waals surface area contributed by atoms with Crippen molar-refractivity contribution in [1.29, 1.82) is 0 Å². The standard InChI is InChI=1S/C31H38F3N5O4SSi/c1-7-26-31(33,34)27(18-42-26)43-30-37-29-25(39(30)19-41-14-15-45(4,5)6)16-23(32)28(36-29)21-10-8-20(9-11-21)24-13-12-22(17-35-24)38-44(2,3)40/h8-13,16-17,26-27H,7,14-15,18-19H2,1-6H3/t26-,27-/m1/s1.